The molecule has 2 atom stereocenters. The molecule has 19 heavy (non-hydrogen) atoms. The second kappa shape index (κ2) is 5.20. The van der Waals surface area contributed by atoms with Crippen LogP contribution in [0.15, 0.2) is 5.03 Å². The van der Waals surface area contributed by atoms with Gasteiger partial charge in [-0.3, -0.25) is 5.10 Å². The van der Waals surface area contributed by atoms with Gasteiger partial charge in [-0.15, -0.1) is 0 Å². The van der Waals surface area contributed by atoms with Crippen LogP contribution < -0.4 is 5.73 Å². The fraction of sp³-hybridized carbons (Fsp3) is 0.727. The van der Waals surface area contributed by atoms with Gasteiger partial charge in [-0.25, -0.2) is 8.42 Å². The van der Waals surface area contributed by atoms with Gasteiger partial charge in [0.25, 0.3) is 10.0 Å². The van der Waals surface area contributed by atoms with Crippen LogP contribution in [0.5, 0.6) is 0 Å². The minimum Gasteiger partial charge on any atom is -0.375 e. The predicted molar refractivity (Wildman–Crippen MR) is 70.0 cm³/mol. The number of morpholine rings is 1. The number of aromatic amines is 1. The number of ether oxygens (including phenoxy) is 1. The molecule has 3 N–H and O–H groups in total. The molecular weight excluding hydrogens is 268 g/mol. The number of H-pyrrole nitrogens is 1. The Bertz CT molecular complexity index is 554. The summed E-state index contributed by atoms with van der Waals surface area (Å²) in [5.74, 6) is 0. The van der Waals surface area contributed by atoms with Crippen LogP contribution in [0.4, 0.5) is 0 Å². The van der Waals surface area contributed by atoms with Crippen molar-refractivity contribution in [2.45, 2.75) is 44.5 Å². The quantitative estimate of drug-likeness (QED) is 0.813. The summed E-state index contributed by atoms with van der Waals surface area (Å²) in [5, 5.41) is 6.65. The molecule has 0 saturated carbocycles. The average Bonchev–Trinajstić information content (AvgIpc) is 2.74. The van der Waals surface area contributed by atoms with E-state index in [9.17, 15) is 8.42 Å². The van der Waals surface area contributed by atoms with Crippen LogP contribution in [-0.4, -0.2) is 48.2 Å². The molecule has 1 fully saturated rings. The van der Waals surface area contributed by atoms with Crippen LogP contribution in [0.2, 0.25) is 0 Å². The Morgan fingerprint density at radius 3 is 2.84 bits per heavy atom. The normalized spacial score (nSPS) is 25.7. The standard InChI is InChI=1S/C11H20N4O3S/c1-7-6-18-8(2)5-15(7)19(16,17)11-10(4-12)9(3)13-14-11/h7-8H,4-6,12H2,1-3H3,(H,13,14). The highest BCUT2D eigenvalue weighted by atomic mass is 32.2. The van der Waals surface area contributed by atoms with Crippen molar-refractivity contribution in [3.63, 3.8) is 0 Å². The molecule has 0 amide bonds. The first-order valence-corrected chi connectivity index (χ1v) is 7.69. The van der Waals surface area contributed by atoms with Crippen LogP contribution in [0, 0.1) is 6.92 Å². The maximum atomic E-state index is 12.7. The number of aryl methyl sites for hydroxylation is 1. The van der Waals surface area contributed by atoms with Crippen molar-refractivity contribution in [3.05, 3.63) is 11.3 Å². The lowest BCUT2D eigenvalue weighted by Gasteiger charge is -2.35. The highest BCUT2D eigenvalue weighted by Crippen LogP contribution is 2.24. The molecule has 0 aromatic carbocycles. The first-order chi connectivity index (χ1) is 8.87. The van der Waals surface area contributed by atoms with Gasteiger partial charge < -0.3 is 10.5 Å². The van der Waals surface area contributed by atoms with Gasteiger partial charge in [-0.05, 0) is 20.8 Å². The van der Waals surface area contributed by atoms with Gasteiger partial charge >= 0.3 is 0 Å². The molecule has 1 aliphatic heterocycles. The summed E-state index contributed by atoms with van der Waals surface area (Å²) >= 11 is 0. The summed E-state index contributed by atoms with van der Waals surface area (Å²) in [5.41, 5.74) is 6.85. The van der Waals surface area contributed by atoms with Gasteiger partial charge in [0.2, 0.25) is 0 Å². The molecule has 2 unspecified atom stereocenters. The van der Waals surface area contributed by atoms with E-state index in [1.54, 1.807) is 6.92 Å². The van der Waals surface area contributed by atoms with E-state index >= 15 is 0 Å². The van der Waals surface area contributed by atoms with E-state index in [4.69, 9.17) is 10.5 Å². The second-order valence-corrected chi connectivity index (χ2v) is 6.71. The van der Waals surface area contributed by atoms with Gasteiger partial charge in [0, 0.05) is 30.4 Å². The first-order valence-electron chi connectivity index (χ1n) is 6.25. The molecule has 1 aromatic heterocycles. The summed E-state index contributed by atoms with van der Waals surface area (Å²) in [6, 6.07) is -0.205. The van der Waals surface area contributed by atoms with Crippen molar-refractivity contribution in [2.75, 3.05) is 13.2 Å². The molecule has 1 aromatic rings. The van der Waals surface area contributed by atoms with E-state index in [-0.39, 0.29) is 23.7 Å². The molecule has 0 radical (unpaired) electrons. The van der Waals surface area contributed by atoms with Crippen LogP contribution in [0.1, 0.15) is 25.1 Å². The zero-order valence-corrected chi connectivity index (χ0v) is 12.2. The number of sulfonamides is 1. The number of hydrogen-bond donors (Lipinski definition) is 2. The zero-order chi connectivity index (χ0) is 14.2. The zero-order valence-electron chi connectivity index (χ0n) is 11.4. The van der Waals surface area contributed by atoms with Crippen molar-refractivity contribution in [1.82, 2.24) is 14.5 Å². The summed E-state index contributed by atoms with van der Waals surface area (Å²) in [6.45, 7) is 6.31. The molecule has 2 heterocycles. The predicted octanol–water partition coefficient (Wildman–Crippen LogP) is -0.0253. The molecule has 0 bridgehead atoms. The maximum absolute atomic E-state index is 12.7. The molecule has 7 nitrogen and oxygen atoms in total. The van der Waals surface area contributed by atoms with Crippen molar-refractivity contribution < 1.29 is 13.2 Å². The Hall–Kier alpha value is -0.960. The Balaban J connectivity index is 2.41. The minimum absolute atomic E-state index is 0.0356. The third kappa shape index (κ3) is 2.53. The SMILES string of the molecule is Cc1[nH]nc(S(=O)(=O)N2CC(C)OCC2C)c1CN. The number of aromatic nitrogens is 2. The van der Waals surface area contributed by atoms with E-state index in [2.05, 4.69) is 10.2 Å². The Labute approximate surface area is 113 Å². The lowest BCUT2D eigenvalue weighted by Crippen LogP contribution is -2.50. The fourth-order valence-corrected chi connectivity index (χ4v) is 4.07. The molecule has 0 spiro atoms. The van der Waals surface area contributed by atoms with Gasteiger partial charge in [-0.1, -0.05) is 0 Å². The molecule has 8 heteroatoms. The lowest BCUT2D eigenvalue weighted by molar-refractivity contribution is -0.0171. The lowest BCUT2D eigenvalue weighted by atomic mass is 10.2. The van der Waals surface area contributed by atoms with E-state index < -0.39 is 10.0 Å². The summed E-state index contributed by atoms with van der Waals surface area (Å²) in [6.07, 6.45) is -0.118. The van der Waals surface area contributed by atoms with Gasteiger partial charge in [0.1, 0.15) is 0 Å². The summed E-state index contributed by atoms with van der Waals surface area (Å²) in [7, 11) is -3.64. The number of hydrogen-bond acceptors (Lipinski definition) is 5. The largest absolute Gasteiger partial charge is 0.375 e. The van der Waals surface area contributed by atoms with Crippen LogP contribution in [-0.2, 0) is 21.3 Å². The molecule has 1 aliphatic rings. The first kappa shape index (κ1) is 14.4. The average molecular weight is 288 g/mol. The second-order valence-electron chi connectivity index (χ2n) is 4.90. The fourth-order valence-electron chi connectivity index (χ4n) is 2.20. The third-order valence-electron chi connectivity index (χ3n) is 3.34. The minimum atomic E-state index is -3.64. The van der Waals surface area contributed by atoms with E-state index in [1.165, 1.54) is 4.31 Å². The number of rotatable bonds is 3. The maximum Gasteiger partial charge on any atom is 0.263 e. The van der Waals surface area contributed by atoms with Crippen molar-refractivity contribution in [1.29, 1.82) is 0 Å². The Morgan fingerprint density at radius 2 is 2.21 bits per heavy atom. The number of nitrogens with one attached hydrogen (secondary N) is 1. The van der Waals surface area contributed by atoms with Gasteiger partial charge in [0.15, 0.2) is 5.03 Å². The van der Waals surface area contributed by atoms with Crippen LogP contribution >= 0.6 is 0 Å². The molecule has 0 aliphatic carbocycles. The molecular formula is C11H20N4O3S. The van der Waals surface area contributed by atoms with E-state index in [1.807, 2.05) is 13.8 Å². The summed E-state index contributed by atoms with van der Waals surface area (Å²) in [4.78, 5) is 0. The van der Waals surface area contributed by atoms with E-state index in [0.29, 0.717) is 24.4 Å². The molecule has 108 valence electrons. The van der Waals surface area contributed by atoms with Crippen molar-refractivity contribution in [3.8, 4) is 0 Å². The monoisotopic (exact) mass is 288 g/mol. The molecule has 1 saturated heterocycles. The Morgan fingerprint density at radius 1 is 1.53 bits per heavy atom. The van der Waals surface area contributed by atoms with Crippen LogP contribution in [0.3, 0.4) is 0 Å². The Kier molecular flexibility index (Phi) is 3.95. The number of nitrogens with zero attached hydrogens (tertiary/aromatic N) is 2. The highest BCUT2D eigenvalue weighted by molar-refractivity contribution is 7.89. The smallest absolute Gasteiger partial charge is 0.263 e. The van der Waals surface area contributed by atoms with Gasteiger partial charge in [0.05, 0.1) is 12.7 Å². The van der Waals surface area contributed by atoms with Crippen LogP contribution in [0.25, 0.3) is 0 Å². The van der Waals surface area contributed by atoms with Crippen molar-refractivity contribution in [2.24, 2.45) is 5.73 Å². The van der Waals surface area contributed by atoms with E-state index in [0.717, 1.165) is 0 Å². The topological polar surface area (TPSA) is 101 Å². The van der Waals surface area contributed by atoms with Gasteiger partial charge in [-0.2, -0.15) is 9.40 Å². The summed E-state index contributed by atoms with van der Waals surface area (Å²) < 4.78 is 32.2. The van der Waals surface area contributed by atoms with Crippen molar-refractivity contribution >= 4 is 10.0 Å². The molecule has 2 rings (SSSR count). The number of nitrogens with two attached hydrogens (primary N) is 1. The highest BCUT2D eigenvalue weighted by Gasteiger charge is 2.37. The third-order valence-corrected chi connectivity index (χ3v) is 5.30.